The molecule has 0 saturated carbocycles. The van der Waals surface area contributed by atoms with Crippen LogP contribution in [0, 0.1) is 6.92 Å². The standard InChI is InChI=1S/C11H11ClN2O2/c1-3-14-10(8(12)6-13-14)11(15)9-5-4-7(2)16-9/h4-6H,3H2,1-2H3. The number of halogens is 1. The number of nitrogens with zero attached hydrogens (tertiary/aromatic N) is 2. The molecule has 2 rings (SSSR count). The summed E-state index contributed by atoms with van der Waals surface area (Å²) in [6.07, 6.45) is 1.47. The van der Waals surface area contributed by atoms with E-state index in [0.717, 1.165) is 0 Å². The number of carbonyl (C=O) groups is 1. The Balaban J connectivity index is 2.44. The van der Waals surface area contributed by atoms with Gasteiger partial charge in [0.2, 0.25) is 5.78 Å². The lowest BCUT2D eigenvalue weighted by molar-refractivity contribution is 0.0998. The van der Waals surface area contributed by atoms with E-state index in [9.17, 15) is 4.79 Å². The number of hydrogen-bond acceptors (Lipinski definition) is 3. The second kappa shape index (κ2) is 4.14. The summed E-state index contributed by atoms with van der Waals surface area (Å²) in [4.78, 5) is 12.1. The molecule has 2 heterocycles. The quantitative estimate of drug-likeness (QED) is 0.773. The number of aromatic nitrogens is 2. The molecule has 2 aromatic rings. The molecule has 16 heavy (non-hydrogen) atoms. The minimum absolute atomic E-state index is 0.238. The molecule has 0 aromatic carbocycles. The van der Waals surface area contributed by atoms with Gasteiger partial charge in [0.1, 0.15) is 11.5 Å². The van der Waals surface area contributed by atoms with Crippen molar-refractivity contribution in [3.63, 3.8) is 0 Å². The fraction of sp³-hybridized carbons (Fsp3) is 0.273. The van der Waals surface area contributed by atoms with Gasteiger partial charge in [-0.3, -0.25) is 9.48 Å². The van der Waals surface area contributed by atoms with E-state index >= 15 is 0 Å². The minimum atomic E-state index is -0.238. The van der Waals surface area contributed by atoms with Crippen LogP contribution in [-0.4, -0.2) is 15.6 Å². The molecule has 0 N–H and O–H groups in total. The van der Waals surface area contributed by atoms with Gasteiger partial charge in [-0.2, -0.15) is 5.10 Å². The monoisotopic (exact) mass is 238 g/mol. The predicted molar refractivity (Wildman–Crippen MR) is 59.8 cm³/mol. The van der Waals surface area contributed by atoms with Crippen LogP contribution < -0.4 is 0 Å². The summed E-state index contributed by atoms with van der Waals surface area (Å²) in [5.74, 6) is 0.745. The van der Waals surface area contributed by atoms with E-state index in [0.29, 0.717) is 23.0 Å². The molecule has 0 aliphatic heterocycles. The van der Waals surface area contributed by atoms with E-state index in [-0.39, 0.29) is 11.5 Å². The Morgan fingerprint density at radius 1 is 1.56 bits per heavy atom. The molecule has 0 atom stereocenters. The van der Waals surface area contributed by atoms with Crippen molar-refractivity contribution < 1.29 is 9.21 Å². The normalized spacial score (nSPS) is 10.7. The Hall–Kier alpha value is -1.55. The van der Waals surface area contributed by atoms with Crippen LogP contribution in [0.4, 0.5) is 0 Å². The number of carbonyl (C=O) groups excluding carboxylic acids is 1. The predicted octanol–water partition coefficient (Wildman–Crippen LogP) is 2.69. The molecule has 0 spiro atoms. The molecule has 0 aliphatic rings. The van der Waals surface area contributed by atoms with Crippen molar-refractivity contribution in [2.45, 2.75) is 20.4 Å². The van der Waals surface area contributed by atoms with Gasteiger partial charge in [-0.1, -0.05) is 11.6 Å². The van der Waals surface area contributed by atoms with Crippen molar-refractivity contribution in [3.8, 4) is 0 Å². The van der Waals surface area contributed by atoms with Gasteiger partial charge in [0.15, 0.2) is 5.76 Å². The van der Waals surface area contributed by atoms with Crippen molar-refractivity contribution in [2.24, 2.45) is 0 Å². The summed E-state index contributed by atoms with van der Waals surface area (Å²) in [6, 6.07) is 3.38. The van der Waals surface area contributed by atoms with E-state index in [1.807, 2.05) is 6.92 Å². The zero-order valence-corrected chi connectivity index (χ0v) is 9.78. The lowest BCUT2D eigenvalue weighted by Crippen LogP contribution is -2.10. The second-order valence-electron chi connectivity index (χ2n) is 3.40. The molecule has 0 saturated heterocycles. The van der Waals surface area contributed by atoms with Crippen LogP contribution in [0.3, 0.4) is 0 Å². The van der Waals surface area contributed by atoms with Crippen molar-refractivity contribution in [1.82, 2.24) is 9.78 Å². The van der Waals surface area contributed by atoms with Crippen molar-refractivity contribution in [3.05, 3.63) is 40.6 Å². The smallest absolute Gasteiger partial charge is 0.247 e. The third-order valence-corrected chi connectivity index (χ3v) is 2.55. The van der Waals surface area contributed by atoms with Gasteiger partial charge < -0.3 is 4.42 Å². The second-order valence-corrected chi connectivity index (χ2v) is 3.80. The molecule has 2 aromatic heterocycles. The number of aryl methyl sites for hydroxylation is 2. The average Bonchev–Trinajstić information content (AvgIpc) is 2.83. The maximum Gasteiger partial charge on any atom is 0.247 e. The van der Waals surface area contributed by atoms with Gasteiger partial charge >= 0.3 is 0 Å². The molecule has 0 aliphatic carbocycles. The highest BCUT2D eigenvalue weighted by Gasteiger charge is 2.20. The van der Waals surface area contributed by atoms with Crippen LogP contribution in [0.25, 0.3) is 0 Å². The zero-order valence-electron chi connectivity index (χ0n) is 9.03. The van der Waals surface area contributed by atoms with E-state index < -0.39 is 0 Å². The molecule has 84 valence electrons. The molecule has 0 bridgehead atoms. The Morgan fingerprint density at radius 3 is 2.88 bits per heavy atom. The lowest BCUT2D eigenvalue weighted by atomic mass is 10.2. The number of ketones is 1. The molecule has 5 heteroatoms. The first-order valence-electron chi connectivity index (χ1n) is 4.96. The molecular weight excluding hydrogens is 228 g/mol. The molecular formula is C11H11ClN2O2. The van der Waals surface area contributed by atoms with Crippen molar-refractivity contribution in [2.75, 3.05) is 0 Å². The largest absolute Gasteiger partial charge is 0.458 e. The van der Waals surface area contributed by atoms with Gasteiger partial charge in [-0.05, 0) is 26.0 Å². The topological polar surface area (TPSA) is 48.0 Å². The van der Waals surface area contributed by atoms with Crippen LogP contribution >= 0.6 is 11.6 Å². The summed E-state index contributed by atoms with van der Waals surface area (Å²) in [7, 11) is 0. The zero-order chi connectivity index (χ0) is 11.7. The first-order valence-corrected chi connectivity index (χ1v) is 5.33. The molecule has 0 radical (unpaired) electrons. The maximum atomic E-state index is 12.1. The first kappa shape index (κ1) is 11.0. The van der Waals surface area contributed by atoms with Crippen molar-refractivity contribution >= 4 is 17.4 Å². The van der Waals surface area contributed by atoms with Gasteiger partial charge in [0, 0.05) is 6.54 Å². The van der Waals surface area contributed by atoms with E-state index in [1.165, 1.54) is 6.20 Å². The Kier molecular flexibility index (Phi) is 2.83. The highest BCUT2D eigenvalue weighted by atomic mass is 35.5. The van der Waals surface area contributed by atoms with Gasteiger partial charge in [0.05, 0.1) is 11.2 Å². The Labute approximate surface area is 97.8 Å². The average molecular weight is 239 g/mol. The number of furan rings is 1. The Bertz CT molecular complexity index is 528. The molecule has 4 nitrogen and oxygen atoms in total. The summed E-state index contributed by atoms with van der Waals surface area (Å²) < 4.78 is 6.83. The van der Waals surface area contributed by atoms with E-state index in [2.05, 4.69) is 5.10 Å². The highest BCUT2D eigenvalue weighted by Crippen LogP contribution is 2.20. The lowest BCUT2D eigenvalue weighted by Gasteiger charge is -2.02. The summed E-state index contributed by atoms with van der Waals surface area (Å²) >= 11 is 5.93. The van der Waals surface area contributed by atoms with Crippen LogP contribution in [0.5, 0.6) is 0 Å². The third kappa shape index (κ3) is 1.76. The summed E-state index contributed by atoms with van der Waals surface area (Å²) in [5.41, 5.74) is 0.374. The SMILES string of the molecule is CCn1ncc(Cl)c1C(=O)c1ccc(C)o1. The van der Waals surface area contributed by atoms with E-state index in [4.69, 9.17) is 16.0 Å². The van der Waals surface area contributed by atoms with Gasteiger partial charge in [-0.25, -0.2) is 0 Å². The molecule has 0 fully saturated rings. The van der Waals surface area contributed by atoms with Gasteiger partial charge in [-0.15, -0.1) is 0 Å². The number of hydrogen-bond donors (Lipinski definition) is 0. The van der Waals surface area contributed by atoms with Crippen LogP contribution in [0.1, 0.15) is 28.9 Å². The summed E-state index contributed by atoms with van der Waals surface area (Å²) in [6.45, 7) is 4.27. The Morgan fingerprint density at radius 2 is 2.31 bits per heavy atom. The molecule has 0 unspecified atom stereocenters. The summed E-state index contributed by atoms with van der Waals surface area (Å²) in [5, 5.41) is 4.36. The van der Waals surface area contributed by atoms with Gasteiger partial charge in [0.25, 0.3) is 0 Å². The maximum absolute atomic E-state index is 12.1. The fourth-order valence-corrected chi connectivity index (χ4v) is 1.73. The minimum Gasteiger partial charge on any atom is -0.458 e. The van der Waals surface area contributed by atoms with E-state index in [1.54, 1.807) is 23.7 Å². The highest BCUT2D eigenvalue weighted by molar-refractivity contribution is 6.34. The first-order chi connectivity index (χ1) is 7.63. The fourth-order valence-electron chi connectivity index (χ4n) is 1.50. The van der Waals surface area contributed by atoms with Crippen LogP contribution in [0.15, 0.2) is 22.7 Å². The van der Waals surface area contributed by atoms with Crippen molar-refractivity contribution in [1.29, 1.82) is 0 Å². The van der Waals surface area contributed by atoms with Crippen LogP contribution in [0.2, 0.25) is 5.02 Å². The molecule has 0 amide bonds. The number of rotatable bonds is 3. The van der Waals surface area contributed by atoms with Crippen LogP contribution in [-0.2, 0) is 6.54 Å². The third-order valence-electron chi connectivity index (χ3n) is 2.27.